The zero-order valence-electron chi connectivity index (χ0n) is 13.4. The van der Waals surface area contributed by atoms with Crippen molar-refractivity contribution in [1.29, 1.82) is 0 Å². The zero-order valence-corrected chi connectivity index (χ0v) is 15.0. The topological polar surface area (TPSA) is 69.2 Å². The number of ketones is 2. The summed E-state index contributed by atoms with van der Waals surface area (Å²) in [5.41, 5.74) is 1.45. The second kappa shape index (κ2) is 5.43. The van der Waals surface area contributed by atoms with Crippen LogP contribution < -0.4 is 0 Å². The van der Waals surface area contributed by atoms with Crippen LogP contribution in [0.2, 0.25) is 5.15 Å². The highest BCUT2D eigenvalue weighted by Gasteiger charge is 2.63. The summed E-state index contributed by atoms with van der Waals surface area (Å²) in [4.78, 5) is 35.6. The summed E-state index contributed by atoms with van der Waals surface area (Å²) in [6.45, 7) is 1.92. The van der Waals surface area contributed by atoms with Crippen molar-refractivity contribution in [2.45, 2.75) is 37.9 Å². The molecule has 1 aliphatic carbocycles. The summed E-state index contributed by atoms with van der Waals surface area (Å²) in [7, 11) is 0. The maximum atomic E-state index is 13.0. The number of hydrogen-bond acceptors (Lipinski definition) is 6. The first-order valence-electron chi connectivity index (χ1n) is 8.37. The summed E-state index contributed by atoms with van der Waals surface area (Å²) < 4.78 is 5.80. The van der Waals surface area contributed by atoms with Gasteiger partial charge >= 0.3 is 0 Å². The molecule has 2 saturated heterocycles. The van der Waals surface area contributed by atoms with E-state index in [1.165, 1.54) is 11.3 Å². The molecular weight excluding hydrogens is 360 g/mol. The van der Waals surface area contributed by atoms with E-state index in [0.717, 1.165) is 28.3 Å². The third-order valence-electron chi connectivity index (χ3n) is 5.58. The van der Waals surface area contributed by atoms with Gasteiger partial charge in [-0.15, -0.1) is 11.3 Å². The summed E-state index contributed by atoms with van der Waals surface area (Å²) in [6.07, 6.45) is 3.28. The van der Waals surface area contributed by atoms with Gasteiger partial charge in [0.1, 0.15) is 16.1 Å². The smallest absolute Gasteiger partial charge is 0.155 e. The molecule has 0 aromatic carbocycles. The molecular formula is C18H15ClN2O3S. The van der Waals surface area contributed by atoms with Crippen LogP contribution in [0.3, 0.4) is 0 Å². The predicted molar refractivity (Wildman–Crippen MR) is 92.7 cm³/mol. The van der Waals surface area contributed by atoms with E-state index in [1.54, 1.807) is 12.3 Å². The van der Waals surface area contributed by atoms with E-state index in [1.807, 2.05) is 13.0 Å². The van der Waals surface area contributed by atoms with Gasteiger partial charge in [0.15, 0.2) is 11.6 Å². The van der Waals surface area contributed by atoms with Crippen molar-refractivity contribution in [2.75, 3.05) is 0 Å². The van der Waals surface area contributed by atoms with Gasteiger partial charge in [-0.25, -0.2) is 9.97 Å². The second-order valence-corrected chi connectivity index (χ2v) is 8.50. The van der Waals surface area contributed by atoms with Crippen LogP contribution >= 0.6 is 22.9 Å². The standard InChI is InChI=1S/C18H15ClN2O3S/c1-7-15(21-18(25-7)8-2-5-11(19)20-6-8)14-16(22)12-9-3-4-10(24-9)13(12)17(14)23/h2,5-6,9-10,12-14H,3-4H2,1H3/t9?,10?,12-,13+,14?. The van der Waals surface area contributed by atoms with Crippen LogP contribution in [0.4, 0.5) is 0 Å². The number of hydrogen-bond donors (Lipinski definition) is 0. The van der Waals surface area contributed by atoms with Crippen LogP contribution in [-0.2, 0) is 14.3 Å². The first kappa shape index (κ1) is 15.6. The average Bonchev–Trinajstić information content (AvgIpc) is 3.33. The van der Waals surface area contributed by atoms with Gasteiger partial charge in [0.2, 0.25) is 0 Å². The molecule has 0 radical (unpaired) electrons. The lowest BCUT2D eigenvalue weighted by atomic mass is 9.81. The van der Waals surface area contributed by atoms with Gasteiger partial charge < -0.3 is 4.74 Å². The quantitative estimate of drug-likeness (QED) is 0.596. The number of rotatable bonds is 2. The first-order valence-corrected chi connectivity index (χ1v) is 9.56. The summed E-state index contributed by atoms with van der Waals surface area (Å²) in [5.74, 6) is -1.27. The number of thiazole rings is 1. The largest absolute Gasteiger partial charge is 0.373 e. The van der Waals surface area contributed by atoms with Gasteiger partial charge in [-0.1, -0.05) is 11.6 Å². The molecule has 1 saturated carbocycles. The molecule has 5 rings (SSSR count). The van der Waals surface area contributed by atoms with E-state index >= 15 is 0 Å². The van der Waals surface area contributed by atoms with Gasteiger partial charge in [-0.05, 0) is 31.9 Å². The number of halogens is 1. The third kappa shape index (κ3) is 2.17. The number of carbonyl (C=O) groups is 2. The SMILES string of the molecule is Cc1sc(-c2ccc(Cl)nc2)nc1C1C(=O)[C@@H]2C3CCC(O3)[C@@H]2C1=O. The minimum absolute atomic E-state index is 0.00335. The Labute approximate surface area is 153 Å². The van der Waals surface area contributed by atoms with E-state index < -0.39 is 5.92 Å². The average molecular weight is 375 g/mol. The van der Waals surface area contributed by atoms with Crippen LogP contribution in [0.15, 0.2) is 18.3 Å². The minimum Gasteiger partial charge on any atom is -0.373 e. The molecule has 3 fully saturated rings. The van der Waals surface area contributed by atoms with Crippen molar-refractivity contribution in [1.82, 2.24) is 9.97 Å². The van der Waals surface area contributed by atoms with E-state index in [9.17, 15) is 9.59 Å². The predicted octanol–water partition coefficient (Wildman–Crippen LogP) is 3.20. The molecule has 7 heteroatoms. The Hall–Kier alpha value is -1.63. The molecule has 2 aromatic heterocycles. The molecule has 0 spiro atoms. The highest BCUT2D eigenvalue weighted by Crippen LogP contribution is 2.52. The summed E-state index contributed by atoms with van der Waals surface area (Å²) >= 11 is 7.32. The Balaban J connectivity index is 1.53. The molecule has 3 aliphatic rings. The number of pyridine rings is 1. The molecule has 3 unspecified atom stereocenters. The number of carbonyl (C=O) groups excluding carboxylic acids is 2. The fourth-order valence-electron chi connectivity index (χ4n) is 4.50. The number of aromatic nitrogens is 2. The maximum Gasteiger partial charge on any atom is 0.155 e. The fraction of sp³-hybridized carbons (Fsp3) is 0.444. The highest BCUT2D eigenvalue weighted by atomic mass is 35.5. The third-order valence-corrected chi connectivity index (χ3v) is 6.84. The lowest BCUT2D eigenvalue weighted by Gasteiger charge is -2.16. The normalized spacial score (nSPS) is 33.3. The molecule has 2 aromatic rings. The van der Waals surface area contributed by atoms with Crippen LogP contribution in [0.1, 0.15) is 29.3 Å². The molecule has 5 atom stereocenters. The van der Waals surface area contributed by atoms with E-state index in [0.29, 0.717) is 10.8 Å². The molecule has 2 aliphatic heterocycles. The molecule has 128 valence electrons. The van der Waals surface area contributed by atoms with Gasteiger partial charge in [0.05, 0.1) is 29.7 Å². The number of aryl methyl sites for hydroxylation is 1. The van der Waals surface area contributed by atoms with Crippen molar-refractivity contribution in [3.8, 4) is 10.6 Å². The monoisotopic (exact) mass is 374 g/mol. The first-order chi connectivity index (χ1) is 12.0. The zero-order chi connectivity index (χ0) is 17.3. The van der Waals surface area contributed by atoms with Gasteiger partial charge in [0, 0.05) is 16.6 Å². The molecule has 5 nitrogen and oxygen atoms in total. The highest BCUT2D eigenvalue weighted by molar-refractivity contribution is 7.15. The van der Waals surface area contributed by atoms with Crippen molar-refractivity contribution in [3.05, 3.63) is 34.1 Å². The van der Waals surface area contributed by atoms with Crippen molar-refractivity contribution in [2.24, 2.45) is 11.8 Å². The van der Waals surface area contributed by atoms with Crippen molar-refractivity contribution < 1.29 is 14.3 Å². The van der Waals surface area contributed by atoms with Gasteiger partial charge in [-0.3, -0.25) is 9.59 Å². The van der Waals surface area contributed by atoms with E-state index in [-0.39, 0.29) is 35.6 Å². The molecule has 2 bridgehead atoms. The maximum absolute atomic E-state index is 13.0. The molecule has 0 amide bonds. The number of ether oxygens (including phenoxy) is 1. The Morgan fingerprint density at radius 3 is 2.44 bits per heavy atom. The van der Waals surface area contributed by atoms with Gasteiger partial charge in [0.25, 0.3) is 0 Å². The second-order valence-electron chi connectivity index (χ2n) is 6.91. The Bertz CT molecular complexity index is 866. The van der Waals surface area contributed by atoms with E-state index in [2.05, 4.69) is 9.97 Å². The van der Waals surface area contributed by atoms with Crippen LogP contribution in [0.5, 0.6) is 0 Å². The summed E-state index contributed by atoms with van der Waals surface area (Å²) in [5, 5.41) is 1.18. The van der Waals surface area contributed by atoms with Crippen molar-refractivity contribution in [3.63, 3.8) is 0 Å². The molecule has 25 heavy (non-hydrogen) atoms. The minimum atomic E-state index is -0.729. The lowest BCUT2D eigenvalue weighted by molar-refractivity contribution is -0.127. The van der Waals surface area contributed by atoms with Gasteiger partial charge in [-0.2, -0.15) is 0 Å². The Morgan fingerprint density at radius 2 is 1.84 bits per heavy atom. The van der Waals surface area contributed by atoms with Crippen LogP contribution in [0, 0.1) is 18.8 Å². The Morgan fingerprint density at radius 1 is 1.16 bits per heavy atom. The van der Waals surface area contributed by atoms with E-state index in [4.69, 9.17) is 16.3 Å². The lowest BCUT2D eigenvalue weighted by Crippen LogP contribution is -2.29. The molecule has 0 N–H and O–H groups in total. The van der Waals surface area contributed by atoms with Crippen LogP contribution in [0.25, 0.3) is 10.6 Å². The number of fused-ring (bicyclic) bond motifs is 5. The molecule has 4 heterocycles. The fourth-order valence-corrected chi connectivity index (χ4v) is 5.55. The number of nitrogens with zero attached hydrogens (tertiary/aromatic N) is 2. The Kier molecular flexibility index (Phi) is 3.39. The summed E-state index contributed by atoms with van der Waals surface area (Å²) in [6, 6.07) is 3.55. The van der Waals surface area contributed by atoms with Crippen molar-refractivity contribution >= 4 is 34.5 Å². The van der Waals surface area contributed by atoms with Crippen LogP contribution in [-0.4, -0.2) is 33.7 Å². The number of Topliss-reactive ketones (excluding diaryl/α,β-unsaturated/α-hetero) is 2.